The number of aromatic nitrogens is 2. The molecule has 0 unspecified atom stereocenters. The molecule has 0 atom stereocenters. The van der Waals surface area contributed by atoms with Crippen molar-refractivity contribution in [1.29, 1.82) is 5.26 Å². The first-order chi connectivity index (χ1) is 10.6. The lowest BCUT2D eigenvalue weighted by molar-refractivity contribution is 0.0520. The van der Waals surface area contributed by atoms with Gasteiger partial charge in [-0.1, -0.05) is 0 Å². The van der Waals surface area contributed by atoms with Crippen LogP contribution in [0.15, 0.2) is 12.3 Å². The van der Waals surface area contributed by atoms with E-state index < -0.39 is 12.5 Å². The summed E-state index contributed by atoms with van der Waals surface area (Å²) < 4.78 is 25.9. The van der Waals surface area contributed by atoms with Crippen LogP contribution < -0.4 is 5.32 Å². The molecule has 0 saturated carbocycles. The van der Waals surface area contributed by atoms with Gasteiger partial charge in [-0.05, 0) is 37.3 Å². The Morgan fingerprint density at radius 2 is 2.23 bits per heavy atom. The Hall–Kier alpha value is -2.27. The second-order valence-electron chi connectivity index (χ2n) is 4.92. The maximum absolute atomic E-state index is 12.8. The van der Waals surface area contributed by atoms with E-state index in [0.29, 0.717) is 15.2 Å². The zero-order chi connectivity index (χ0) is 15.7. The molecule has 8 heteroatoms. The standard InChI is InChI=1S/C14H12F2N4OS/c15-14(16)20-10(5-6-18-20)12(21)19-13-9(7-17)8-3-1-2-4-11(8)22-13/h5-6,14H,1-4H2,(H,19,21). The number of nitrogens with one attached hydrogen (secondary N) is 1. The van der Waals surface area contributed by atoms with Crippen LogP contribution in [0.5, 0.6) is 0 Å². The lowest BCUT2D eigenvalue weighted by atomic mass is 9.96. The van der Waals surface area contributed by atoms with E-state index in [4.69, 9.17) is 0 Å². The lowest BCUT2D eigenvalue weighted by Crippen LogP contribution is -2.18. The quantitative estimate of drug-likeness (QED) is 0.942. The Kier molecular flexibility index (Phi) is 3.90. The first kappa shape index (κ1) is 14.7. The van der Waals surface area contributed by atoms with Crippen LogP contribution in [0.25, 0.3) is 0 Å². The molecule has 1 amide bonds. The third kappa shape index (κ3) is 2.48. The van der Waals surface area contributed by atoms with Crippen LogP contribution in [0.4, 0.5) is 13.8 Å². The smallest absolute Gasteiger partial charge is 0.311 e. The summed E-state index contributed by atoms with van der Waals surface area (Å²) in [6.45, 7) is -2.89. The van der Waals surface area contributed by atoms with Crippen LogP contribution in [-0.4, -0.2) is 15.7 Å². The Morgan fingerprint density at radius 1 is 1.45 bits per heavy atom. The molecule has 2 aromatic rings. The number of halogens is 2. The summed E-state index contributed by atoms with van der Waals surface area (Å²) in [5.41, 5.74) is 1.21. The number of hydrogen-bond donors (Lipinski definition) is 1. The maximum Gasteiger partial charge on any atom is 0.333 e. The fourth-order valence-corrected chi connectivity index (χ4v) is 3.82. The van der Waals surface area contributed by atoms with Crippen LogP contribution in [0.1, 0.15) is 45.9 Å². The summed E-state index contributed by atoms with van der Waals surface area (Å²) in [4.78, 5) is 13.3. The van der Waals surface area contributed by atoms with Gasteiger partial charge in [-0.15, -0.1) is 11.3 Å². The number of fused-ring (bicyclic) bond motifs is 1. The van der Waals surface area contributed by atoms with Crippen molar-refractivity contribution in [1.82, 2.24) is 9.78 Å². The van der Waals surface area contributed by atoms with Crippen molar-refractivity contribution in [2.45, 2.75) is 32.2 Å². The fourth-order valence-electron chi connectivity index (χ4n) is 2.59. The highest BCUT2D eigenvalue weighted by Crippen LogP contribution is 2.37. The van der Waals surface area contributed by atoms with Gasteiger partial charge in [0.15, 0.2) is 0 Å². The molecule has 2 aromatic heterocycles. The second-order valence-corrected chi connectivity index (χ2v) is 6.02. The van der Waals surface area contributed by atoms with Gasteiger partial charge in [0, 0.05) is 11.1 Å². The number of aryl methyl sites for hydroxylation is 1. The summed E-state index contributed by atoms with van der Waals surface area (Å²) in [6.07, 6.45) is 4.93. The van der Waals surface area contributed by atoms with Crippen molar-refractivity contribution >= 4 is 22.2 Å². The minimum Gasteiger partial charge on any atom is -0.311 e. The monoisotopic (exact) mass is 322 g/mol. The molecule has 114 valence electrons. The van der Waals surface area contributed by atoms with E-state index in [1.54, 1.807) is 0 Å². The number of nitriles is 1. The average Bonchev–Trinajstić information content (AvgIpc) is 3.11. The van der Waals surface area contributed by atoms with Crippen LogP contribution >= 0.6 is 11.3 Å². The molecule has 0 aromatic carbocycles. The van der Waals surface area contributed by atoms with Gasteiger partial charge in [0.25, 0.3) is 5.91 Å². The molecular formula is C14H12F2N4OS. The lowest BCUT2D eigenvalue weighted by Gasteiger charge is -2.09. The first-order valence-corrected chi connectivity index (χ1v) is 7.61. The van der Waals surface area contributed by atoms with Crippen molar-refractivity contribution in [2.75, 3.05) is 5.32 Å². The summed E-state index contributed by atoms with van der Waals surface area (Å²) in [7, 11) is 0. The van der Waals surface area contributed by atoms with E-state index in [9.17, 15) is 18.8 Å². The number of nitrogens with zero attached hydrogens (tertiary/aromatic N) is 3. The average molecular weight is 322 g/mol. The molecule has 0 fully saturated rings. The minimum absolute atomic E-state index is 0.231. The Bertz CT molecular complexity index is 759. The summed E-state index contributed by atoms with van der Waals surface area (Å²) >= 11 is 1.35. The largest absolute Gasteiger partial charge is 0.333 e. The number of alkyl halides is 2. The highest BCUT2D eigenvalue weighted by Gasteiger charge is 2.24. The zero-order valence-corrected chi connectivity index (χ0v) is 12.3. The van der Waals surface area contributed by atoms with Crippen LogP contribution in [0.2, 0.25) is 0 Å². The molecule has 1 aliphatic rings. The van der Waals surface area contributed by atoms with Crippen molar-refractivity contribution in [3.63, 3.8) is 0 Å². The molecule has 1 N–H and O–H groups in total. The number of carbonyl (C=O) groups is 1. The van der Waals surface area contributed by atoms with E-state index in [-0.39, 0.29) is 5.69 Å². The zero-order valence-electron chi connectivity index (χ0n) is 11.5. The third-order valence-corrected chi connectivity index (χ3v) is 4.81. The molecule has 0 aliphatic heterocycles. The molecule has 0 bridgehead atoms. The molecule has 1 aliphatic carbocycles. The third-order valence-electron chi connectivity index (χ3n) is 3.60. The van der Waals surface area contributed by atoms with Gasteiger partial charge >= 0.3 is 6.55 Å². The predicted octanol–water partition coefficient (Wildman–Crippen LogP) is 3.34. The van der Waals surface area contributed by atoms with E-state index in [1.165, 1.54) is 17.4 Å². The normalized spacial score (nSPS) is 13.7. The van der Waals surface area contributed by atoms with E-state index in [2.05, 4.69) is 16.5 Å². The molecule has 0 radical (unpaired) electrons. The van der Waals surface area contributed by atoms with E-state index >= 15 is 0 Å². The SMILES string of the molecule is N#Cc1c(NC(=O)c2ccnn2C(F)F)sc2c1CCCC2. The molecular weight excluding hydrogens is 310 g/mol. The van der Waals surface area contributed by atoms with Gasteiger partial charge in [-0.2, -0.15) is 23.8 Å². The minimum atomic E-state index is -2.89. The van der Waals surface area contributed by atoms with Gasteiger partial charge in [-0.3, -0.25) is 4.79 Å². The van der Waals surface area contributed by atoms with Crippen molar-refractivity contribution in [3.8, 4) is 6.07 Å². The molecule has 2 heterocycles. The Labute approximate surface area is 129 Å². The summed E-state index contributed by atoms with van der Waals surface area (Å²) in [5, 5.41) is 15.8. The van der Waals surface area contributed by atoms with Gasteiger partial charge in [0.2, 0.25) is 0 Å². The second kappa shape index (κ2) is 5.85. The molecule has 0 saturated heterocycles. The maximum atomic E-state index is 12.8. The first-order valence-electron chi connectivity index (χ1n) is 6.79. The van der Waals surface area contributed by atoms with Crippen molar-refractivity contribution < 1.29 is 13.6 Å². The number of thiophene rings is 1. The van der Waals surface area contributed by atoms with Gasteiger partial charge < -0.3 is 5.32 Å². The van der Waals surface area contributed by atoms with Crippen molar-refractivity contribution in [3.05, 3.63) is 34.0 Å². The summed E-state index contributed by atoms with van der Waals surface area (Å²) in [6, 6.07) is 3.34. The number of carbonyl (C=O) groups excluding carboxylic acids is 1. The van der Waals surface area contributed by atoms with Gasteiger partial charge in [-0.25, -0.2) is 0 Å². The van der Waals surface area contributed by atoms with Gasteiger partial charge in [0.1, 0.15) is 16.8 Å². The fraction of sp³-hybridized carbons (Fsp3) is 0.357. The van der Waals surface area contributed by atoms with E-state index in [0.717, 1.165) is 42.3 Å². The molecule has 5 nitrogen and oxygen atoms in total. The summed E-state index contributed by atoms with van der Waals surface area (Å²) in [5.74, 6) is -0.687. The highest BCUT2D eigenvalue weighted by molar-refractivity contribution is 7.16. The highest BCUT2D eigenvalue weighted by atomic mass is 32.1. The van der Waals surface area contributed by atoms with Crippen LogP contribution in [-0.2, 0) is 12.8 Å². The number of amides is 1. The number of rotatable bonds is 3. The Morgan fingerprint density at radius 3 is 2.95 bits per heavy atom. The molecule has 22 heavy (non-hydrogen) atoms. The Balaban J connectivity index is 1.90. The molecule has 3 rings (SSSR count). The van der Waals surface area contributed by atoms with Crippen molar-refractivity contribution in [2.24, 2.45) is 0 Å². The predicted molar refractivity (Wildman–Crippen MR) is 77.1 cm³/mol. The van der Waals surface area contributed by atoms with Crippen LogP contribution in [0.3, 0.4) is 0 Å². The van der Waals surface area contributed by atoms with E-state index in [1.807, 2.05) is 0 Å². The topological polar surface area (TPSA) is 70.7 Å². The van der Waals surface area contributed by atoms with Gasteiger partial charge in [0.05, 0.1) is 5.56 Å². The van der Waals surface area contributed by atoms with Crippen LogP contribution in [0, 0.1) is 11.3 Å². The number of hydrogen-bond acceptors (Lipinski definition) is 4. The molecule has 0 spiro atoms. The number of anilines is 1.